The number of nitrogens with one attached hydrogen (secondary N) is 2. The first kappa shape index (κ1) is 14.3. The molecule has 2 aromatic rings. The second-order valence-electron chi connectivity index (χ2n) is 4.57. The van der Waals surface area contributed by atoms with Crippen LogP contribution in [-0.2, 0) is 9.53 Å². The number of pyridine rings is 1. The molecule has 0 atom stereocenters. The molecule has 3 rings (SSSR count). The van der Waals surface area contributed by atoms with Gasteiger partial charge in [-0.05, 0) is 31.2 Å². The number of ether oxygens (including phenoxy) is 1. The third-order valence-corrected chi connectivity index (χ3v) is 3.38. The van der Waals surface area contributed by atoms with Crippen LogP contribution in [0.3, 0.4) is 0 Å². The minimum atomic E-state index is -0.451. The minimum absolute atomic E-state index is 0.278. The van der Waals surface area contributed by atoms with Crippen molar-refractivity contribution in [3.8, 4) is 0 Å². The lowest BCUT2D eigenvalue weighted by Crippen LogP contribution is -2.06. The van der Waals surface area contributed by atoms with E-state index in [1.165, 1.54) is 0 Å². The largest absolute Gasteiger partial charge is 0.462 e. The smallest absolute Gasteiger partial charge is 0.340 e. The Bertz CT molecular complexity index is 795. The number of hydrogen-bond donors (Lipinski definition) is 2. The zero-order chi connectivity index (χ0) is 15.7. The molecule has 0 radical (unpaired) electrons. The van der Waals surface area contributed by atoms with E-state index in [1.54, 1.807) is 37.4 Å². The number of aromatic amines is 1. The van der Waals surface area contributed by atoms with E-state index in [1.807, 2.05) is 0 Å². The van der Waals surface area contributed by atoms with Gasteiger partial charge in [-0.1, -0.05) is 11.6 Å². The Balaban J connectivity index is 2.04. The van der Waals surface area contributed by atoms with Gasteiger partial charge in [-0.25, -0.2) is 9.78 Å². The van der Waals surface area contributed by atoms with Gasteiger partial charge in [0.1, 0.15) is 10.8 Å². The van der Waals surface area contributed by atoms with Gasteiger partial charge in [0.2, 0.25) is 0 Å². The highest BCUT2D eigenvalue weighted by Gasteiger charge is 2.26. The van der Waals surface area contributed by atoms with Crippen LogP contribution in [0.2, 0.25) is 5.15 Å². The van der Waals surface area contributed by atoms with Crippen molar-refractivity contribution in [2.45, 2.75) is 6.92 Å². The Labute approximate surface area is 131 Å². The summed E-state index contributed by atoms with van der Waals surface area (Å²) in [5.41, 5.74) is 2.23. The molecule has 0 bridgehead atoms. The third kappa shape index (κ3) is 2.48. The Morgan fingerprint density at radius 3 is 3.00 bits per heavy atom. The number of esters is 1. The van der Waals surface area contributed by atoms with Gasteiger partial charge in [0, 0.05) is 6.20 Å². The summed E-state index contributed by atoms with van der Waals surface area (Å²) in [6, 6.07) is 4.89. The van der Waals surface area contributed by atoms with E-state index < -0.39 is 5.97 Å². The van der Waals surface area contributed by atoms with E-state index in [9.17, 15) is 9.59 Å². The zero-order valence-corrected chi connectivity index (χ0v) is 12.4. The maximum Gasteiger partial charge on any atom is 0.340 e. The maximum absolute atomic E-state index is 12.1. The molecule has 1 aliphatic rings. The Hall–Kier alpha value is -2.60. The predicted octanol–water partition coefficient (Wildman–Crippen LogP) is 2.73. The first-order valence-corrected chi connectivity index (χ1v) is 7.02. The van der Waals surface area contributed by atoms with Crippen LogP contribution in [0.1, 0.15) is 28.7 Å². The summed E-state index contributed by atoms with van der Waals surface area (Å²) in [6.45, 7) is 2.01. The van der Waals surface area contributed by atoms with Gasteiger partial charge in [-0.2, -0.15) is 0 Å². The lowest BCUT2D eigenvalue weighted by molar-refractivity contribution is -0.110. The number of fused-ring (bicyclic) bond motifs is 1. The molecule has 112 valence electrons. The number of carbonyl (C=O) groups excluding carboxylic acids is 2. The SMILES string of the molecule is CCOC(=O)c1cc[nH]c1/C=C1\C(=O)Nc2ccc(Cl)nc21. The normalized spacial score (nSPS) is 14.8. The number of H-pyrrole nitrogens is 1. The summed E-state index contributed by atoms with van der Waals surface area (Å²) in [6.07, 6.45) is 3.18. The van der Waals surface area contributed by atoms with Crippen LogP contribution in [0.4, 0.5) is 5.69 Å². The van der Waals surface area contributed by atoms with Crippen LogP contribution in [0.15, 0.2) is 24.4 Å². The molecule has 3 heterocycles. The van der Waals surface area contributed by atoms with E-state index in [-0.39, 0.29) is 12.5 Å². The number of anilines is 1. The lowest BCUT2D eigenvalue weighted by Gasteiger charge is -2.02. The summed E-state index contributed by atoms with van der Waals surface area (Å²) in [4.78, 5) is 31.0. The average molecular weight is 318 g/mol. The van der Waals surface area contributed by atoms with Crippen molar-refractivity contribution in [2.75, 3.05) is 11.9 Å². The van der Waals surface area contributed by atoms with Crippen LogP contribution in [0.5, 0.6) is 0 Å². The molecule has 1 aliphatic heterocycles. The molecule has 2 aromatic heterocycles. The first-order valence-electron chi connectivity index (χ1n) is 6.64. The van der Waals surface area contributed by atoms with Crippen molar-refractivity contribution in [2.24, 2.45) is 0 Å². The standard InChI is InChI=1S/C15H12ClN3O3/c1-2-22-15(21)8-5-6-17-11(8)7-9-13-10(18-14(9)20)3-4-12(16)19-13/h3-7,17H,2H2,1H3,(H,18,20)/b9-7-. The van der Waals surface area contributed by atoms with Crippen molar-refractivity contribution in [1.82, 2.24) is 9.97 Å². The Kier molecular flexibility index (Phi) is 3.68. The van der Waals surface area contributed by atoms with Crippen LogP contribution in [0, 0.1) is 0 Å². The molecular formula is C15H12ClN3O3. The summed E-state index contributed by atoms with van der Waals surface area (Å²) in [5.74, 6) is -0.748. The van der Waals surface area contributed by atoms with Crippen molar-refractivity contribution in [3.63, 3.8) is 0 Å². The Morgan fingerprint density at radius 2 is 2.23 bits per heavy atom. The topological polar surface area (TPSA) is 84.1 Å². The summed E-state index contributed by atoms with van der Waals surface area (Å²) in [7, 11) is 0. The molecular weight excluding hydrogens is 306 g/mol. The van der Waals surface area contributed by atoms with Crippen LogP contribution in [0.25, 0.3) is 11.6 Å². The number of aromatic nitrogens is 2. The molecule has 0 unspecified atom stereocenters. The second-order valence-corrected chi connectivity index (χ2v) is 4.96. The quantitative estimate of drug-likeness (QED) is 0.518. The predicted molar refractivity (Wildman–Crippen MR) is 82.5 cm³/mol. The lowest BCUT2D eigenvalue weighted by atomic mass is 10.1. The number of nitrogens with zero attached hydrogens (tertiary/aromatic N) is 1. The summed E-state index contributed by atoms with van der Waals surface area (Å²) < 4.78 is 4.98. The maximum atomic E-state index is 12.1. The fraction of sp³-hybridized carbons (Fsp3) is 0.133. The monoisotopic (exact) mass is 317 g/mol. The Morgan fingerprint density at radius 1 is 1.41 bits per heavy atom. The fourth-order valence-corrected chi connectivity index (χ4v) is 2.35. The van der Waals surface area contributed by atoms with Gasteiger partial charge in [0.05, 0.1) is 29.1 Å². The highest BCUT2D eigenvalue weighted by atomic mass is 35.5. The highest BCUT2D eigenvalue weighted by molar-refractivity contribution is 6.35. The second kappa shape index (κ2) is 5.65. The number of amides is 1. The van der Waals surface area contributed by atoms with Gasteiger partial charge in [-0.3, -0.25) is 4.79 Å². The molecule has 2 N–H and O–H groups in total. The summed E-state index contributed by atoms with van der Waals surface area (Å²) >= 11 is 5.88. The van der Waals surface area contributed by atoms with E-state index in [0.29, 0.717) is 33.4 Å². The van der Waals surface area contributed by atoms with E-state index >= 15 is 0 Å². The van der Waals surface area contributed by atoms with Crippen LogP contribution < -0.4 is 5.32 Å². The summed E-state index contributed by atoms with van der Waals surface area (Å²) in [5, 5.41) is 2.99. The number of rotatable bonds is 3. The molecule has 0 spiro atoms. The number of carbonyl (C=O) groups is 2. The minimum Gasteiger partial charge on any atom is -0.462 e. The van der Waals surface area contributed by atoms with Gasteiger partial charge >= 0.3 is 5.97 Å². The van der Waals surface area contributed by atoms with E-state index in [0.717, 1.165) is 0 Å². The zero-order valence-electron chi connectivity index (χ0n) is 11.6. The first-order chi connectivity index (χ1) is 10.6. The average Bonchev–Trinajstić information content (AvgIpc) is 3.06. The van der Waals surface area contributed by atoms with Gasteiger partial charge in [0.15, 0.2) is 0 Å². The molecule has 0 saturated carbocycles. The van der Waals surface area contributed by atoms with Crippen molar-refractivity contribution >= 4 is 40.8 Å². The molecule has 0 saturated heterocycles. The van der Waals surface area contributed by atoms with Crippen LogP contribution >= 0.6 is 11.6 Å². The molecule has 1 amide bonds. The molecule has 0 aromatic carbocycles. The van der Waals surface area contributed by atoms with Gasteiger partial charge in [-0.15, -0.1) is 0 Å². The molecule has 0 aliphatic carbocycles. The molecule has 0 fully saturated rings. The van der Waals surface area contributed by atoms with Crippen molar-refractivity contribution < 1.29 is 14.3 Å². The van der Waals surface area contributed by atoms with Crippen molar-refractivity contribution in [3.05, 3.63) is 46.5 Å². The van der Waals surface area contributed by atoms with Gasteiger partial charge in [0.25, 0.3) is 5.91 Å². The van der Waals surface area contributed by atoms with E-state index in [2.05, 4.69) is 15.3 Å². The number of halogens is 1. The molecule has 7 heteroatoms. The molecule has 6 nitrogen and oxygen atoms in total. The third-order valence-electron chi connectivity index (χ3n) is 3.17. The van der Waals surface area contributed by atoms with Crippen molar-refractivity contribution in [1.29, 1.82) is 0 Å². The van der Waals surface area contributed by atoms with Gasteiger partial charge < -0.3 is 15.0 Å². The number of hydrogen-bond acceptors (Lipinski definition) is 4. The van der Waals surface area contributed by atoms with Crippen LogP contribution in [-0.4, -0.2) is 28.5 Å². The molecule has 22 heavy (non-hydrogen) atoms. The highest BCUT2D eigenvalue weighted by Crippen LogP contribution is 2.32. The fourth-order valence-electron chi connectivity index (χ4n) is 2.21. The van der Waals surface area contributed by atoms with E-state index in [4.69, 9.17) is 16.3 Å².